The Labute approximate surface area is 146 Å². The molecule has 2 atom stereocenters. The summed E-state index contributed by atoms with van der Waals surface area (Å²) in [6, 6.07) is 15.3. The Balaban J connectivity index is 2.65. The van der Waals surface area contributed by atoms with E-state index >= 15 is 0 Å². The summed E-state index contributed by atoms with van der Waals surface area (Å²) < 4.78 is 12.3. The van der Waals surface area contributed by atoms with E-state index in [1.165, 1.54) is 0 Å². The molecule has 0 saturated heterocycles. The van der Waals surface area contributed by atoms with Crippen LogP contribution >= 0.6 is 57.9 Å². The molecule has 0 radical (unpaired) electrons. The maximum absolute atomic E-state index is 13.6. The number of benzene rings is 2. The first-order valence-electron chi connectivity index (χ1n) is 5.92. The van der Waals surface area contributed by atoms with Gasteiger partial charge in [-0.3, -0.25) is 0 Å². The normalized spacial score (nSPS) is 16.2. The van der Waals surface area contributed by atoms with Gasteiger partial charge in [-0.25, -0.2) is 0 Å². The second-order valence-corrected chi connectivity index (χ2v) is 10.5. The van der Waals surface area contributed by atoms with Gasteiger partial charge in [0.1, 0.15) is 0 Å². The van der Waals surface area contributed by atoms with Crippen LogP contribution in [-0.2, 0) is 4.57 Å². The van der Waals surface area contributed by atoms with Crippen LogP contribution in [0.5, 0.6) is 0 Å². The first-order valence-corrected chi connectivity index (χ1v) is 9.63. The summed E-state index contributed by atoms with van der Waals surface area (Å²) >= 11 is 20.7. The summed E-state index contributed by atoms with van der Waals surface area (Å²) in [6.45, 7) is 0. The minimum Gasteiger partial charge on any atom is -0.380 e. The third kappa shape index (κ3) is 3.67. The zero-order valence-electron chi connectivity index (χ0n) is 10.6. The van der Waals surface area contributed by atoms with Gasteiger partial charge in [0.2, 0.25) is 3.79 Å². The molecule has 7 heteroatoms. The molecule has 0 aliphatic carbocycles. The molecule has 2 rings (SSSR count). The third-order valence-corrected chi connectivity index (χ3v) is 7.80. The Kier molecular flexibility index (Phi) is 5.46. The molecule has 2 aromatic rings. The van der Waals surface area contributed by atoms with Crippen LogP contribution < -0.4 is 10.6 Å². The SMILES string of the molecule is O=P(c1ccccc1)(c1ccc(Br)cc1)C(O)C(Cl)(Cl)Cl. The Hall–Kier alpha value is -0.0200. The van der Waals surface area contributed by atoms with E-state index in [1.807, 2.05) is 0 Å². The van der Waals surface area contributed by atoms with Crippen molar-refractivity contribution in [1.29, 1.82) is 0 Å². The molecule has 0 aliphatic rings. The minimum atomic E-state index is -3.52. The van der Waals surface area contributed by atoms with E-state index in [9.17, 15) is 9.67 Å². The maximum atomic E-state index is 13.6. The number of hydrogen-bond acceptors (Lipinski definition) is 2. The minimum absolute atomic E-state index is 0.427. The average Bonchev–Trinajstić information content (AvgIpc) is 2.46. The summed E-state index contributed by atoms with van der Waals surface area (Å²) in [5.74, 6) is -1.64. The zero-order valence-corrected chi connectivity index (χ0v) is 15.3. The lowest BCUT2D eigenvalue weighted by Gasteiger charge is -2.29. The monoisotopic (exact) mass is 426 g/mol. The van der Waals surface area contributed by atoms with Gasteiger partial charge in [0, 0.05) is 15.1 Å². The van der Waals surface area contributed by atoms with Crippen molar-refractivity contribution in [2.75, 3.05) is 0 Å². The third-order valence-electron chi connectivity index (χ3n) is 2.99. The van der Waals surface area contributed by atoms with Gasteiger partial charge >= 0.3 is 0 Å². The fourth-order valence-electron chi connectivity index (χ4n) is 1.95. The van der Waals surface area contributed by atoms with Crippen LogP contribution in [0.15, 0.2) is 59.1 Å². The molecule has 0 fully saturated rings. The van der Waals surface area contributed by atoms with E-state index in [0.717, 1.165) is 4.47 Å². The summed E-state index contributed by atoms with van der Waals surface area (Å²) in [6.07, 6.45) is 0. The van der Waals surface area contributed by atoms with Gasteiger partial charge in [-0.05, 0) is 24.3 Å². The fraction of sp³-hybridized carbons (Fsp3) is 0.143. The summed E-state index contributed by atoms with van der Waals surface area (Å²) in [4.78, 5) is 0. The topological polar surface area (TPSA) is 37.3 Å². The van der Waals surface area contributed by atoms with Crippen LogP contribution in [0.2, 0.25) is 0 Å². The van der Waals surface area contributed by atoms with Crippen LogP contribution in [0.1, 0.15) is 0 Å². The van der Waals surface area contributed by atoms with Crippen LogP contribution in [-0.4, -0.2) is 14.7 Å². The van der Waals surface area contributed by atoms with Crippen molar-refractivity contribution in [1.82, 2.24) is 0 Å². The summed E-state index contributed by atoms with van der Waals surface area (Å²) in [7, 11) is -3.52. The fourth-order valence-corrected chi connectivity index (χ4v) is 5.93. The highest BCUT2D eigenvalue weighted by Crippen LogP contribution is 2.55. The predicted molar refractivity (Wildman–Crippen MR) is 93.8 cm³/mol. The molecule has 1 N–H and O–H groups in total. The lowest BCUT2D eigenvalue weighted by atomic mass is 10.4. The first-order chi connectivity index (χ1) is 9.76. The van der Waals surface area contributed by atoms with Crippen molar-refractivity contribution >= 4 is 68.5 Å². The van der Waals surface area contributed by atoms with Crippen molar-refractivity contribution in [2.24, 2.45) is 0 Å². The van der Waals surface area contributed by atoms with Gasteiger partial charge in [0.25, 0.3) is 0 Å². The first kappa shape index (κ1) is 17.3. The van der Waals surface area contributed by atoms with E-state index in [1.54, 1.807) is 54.6 Å². The van der Waals surface area contributed by atoms with E-state index in [2.05, 4.69) is 15.9 Å². The smallest absolute Gasteiger partial charge is 0.223 e. The van der Waals surface area contributed by atoms with Gasteiger partial charge in [0.05, 0.1) is 0 Å². The van der Waals surface area contributed by atoms with Gasteiger partial charge in [-0.1, -0.05) is 81.1 Å². The molecular formula is C14H11BrCl3O2P. The molecule has 0 spiro atoms. The maximum Gasteiger partial charge on any atom is 0.223 e. The molecule has 2 nitrogen and oxygen atoms in total. The van der Waals surface area contributed by atoms with Gasteiger partial charge in [0.15, 0.2) is 13.0 Å². The van der Waals surface area contributed by atoms with Gasteiger partial charge in [-0.2, -0.15) is 0 Å². The molecule has 0 saturated carbocycles. The van der Waals surface area contributed by atoms with Crippen LogP contribution in [0.4, 0.5) is 0 Å². The van der Waals surface area contributed by atoms with Crippen molar-refractivity contribution in [3.63, 3.8) is 0 Å². The number of hydrogen-bond donors (Lipinski definition) is 1. The van der Waals surface area contributed by atoms with E-state index < -0.39 is 16.8 Å². The summed E-state index contributed by atoms with van der Waals surface area (Å²) in [5.41, 5.74) is 0. The van der Waals surface area contributed by atoms with Crippen LogP contribution in [0.3, 0.4) is 0 Å². The lowest BCUT2D eigenvalue weighted by molar-refractivity contribution is 0.255. The Morgan fingerprint density at radius 3 is 1.90 bits per heavy atom. The molecular weight excluding hydrogens is 417 g/mol. The Morgan fingerprint density at radius 2 is 1.43 bits per heavy atom. The zero-order chi connectivity index (χ0) is 15.7. The molecule has 112 valence electrons. The quantitative estimate of drug-likeness (QED) is 0.579. The molecule has 0 bridgehead atoms. The van der Waals surface area contributed by atoms with Crippen LogP contribution in [0.25, 0.3) is 0 Å². The molecule has 2 aromatic carbocycles. The highest BCUT2D eigenvalue weighted by molar-refractivity contribution is 9.10. The Morgan fingerprint density at radius 1 is 0.952 bits per heavy atom. The van der Waals surface area contributed by atoms with Crippen molar-refractivity contribution in [2.45, 2.75) is 9.64 Å². The van der Waals surface area contributed by atoms with E-state index in [-0.39, 0.29) is 0 Å². The number of aliphatic hydroxyl groups is 1. The van der Waals surface area contributed by atoms with E-state index in [0.29, 0.717) is 10.6 Å². The van der Waals surface area contributed by atoms with Crippen molar-refractivity contribution < 1.29 is 9.67 Å². The predicted octanol–water partition coefficient (Wildman–Crippen LogP) is 4.45. The van der Waals surface area contributed by atoms with Gasteiger partial charge in [-0.15, -0.1) is 0 Å². The number of halogens is 4. The van der Waals surface area contributed by atoms with Crippen molar-refractivity contribution in [3.8, 4) is 0 Å². The molecule has 21 heavy (non-hydrogen) atoms. The summed E-state index contributed by atoms with van der Waals surface area (Å²) in [5, 5.41) is 11.3. The highest BCUT2D eigenvalue weighted by Gasteiger charge is 2.47. The Bertz CT molecular complexity index is 656. The van der Waals surface area contributed by atoms with E-state index in [4.69, 9.17) is 34.8 Å². The molecule has 0 heterocycles. The second kappa shape index (κ2) is 6.62. The second-order valence-electron chi connectivity index (χ2n) is 4.39. The number of rotatable bonds is 3. The molecule has 0 aromatic heterocycles. The molecule has 2 unspecified atom stereocenters. The molecule has 0 amide bonds. The standard InChI is InChI=1S/C14H11BrCl3O2P/c15-10-6-8-12(9-7-10)21(20,13(19)14(16,17)18)11-4-2-1-3-5-11/h1-9,13,19H. The molecule has 0 aliphatic heterocycles. The highest BCUT2D eigenvalue weighted by atomic mass is 79.9. The lowest BCUT2D eigenvalue weighted by Crippen LogP contribution is -2.34. The van der Waals surface area contributed by atoms with Crippen molar-refractivity contribution in [3.05, 3.63) is 59.1 Å². The average molecular weight is 428 g/mol. The largest absolute Gasteiger partial charge is 0.380 e. The van der Waals surface area contributed by atoms with Gasteiger partial charge < -0.3 is 9.67 Å². The number of alkyl halides is 3. The number of aliphatic hydroxyl groups excluding tert-OH is 1. The van der Waals surface area contributed by atoms with Crippen LogP contribution in [0, 0.1) is 0 Å².